The number of hydrogen-bond acceptors (Lipinski definition) is 1. The first-order valence-corrected chi connectivity index (χ1v) is 10.2. The second-order valence-corrected chi connectivity index (χ2v) is 11.8. The highest BCUT2D eigenvalue weighted by Crippen LogP contribution is 2.28. The van der Waals surface area contributed by atoms with Crippen molar-refractivity contribution in [2.45, 2.75) is 46.5 Å². The van der Waals surface area contributed by atoms with E-state index < -0.39 is 8.07 Å². The number of Topliss-reactive ketones (excluding diaryl/α,β-unsaturated/α-hetero) is 1. The molecule has 0 fully saturated rings. The van der Waals surface area contributed by atoms with E-state index in [9.17, 15) is 4.79 Å². The van der Waals surface area contributed by atoms with Crippen LogP contribution in [-0.2, 0) is 0 Å². The summed E-state index contributed by atoms with van der Waals surface area (Å²) < 4.78 is 0. The van der Waals surface area contributed by atoms with Crippen LogP contribution in [0.3, 0.4) is 0 Å². The molecule has 0 radical (unpaired) electrons. The minimum absolute atomic E-state index is 0.130. The Morgan fingerprint density at radius 3 is 1.72 bits per heavy atom. The molecule has 1 rings (SSSR count). The van der Waals surface area contributed by atoms with Gasteiger partial charge in [-0.05, 0) is 38.0 Å². The maximum absolute atomic E-state index is 11.3. The van der Waals surface area contributed by atoms with Crippen LogP contribution in [0.5, 0.6) is 0 Å². The molecule has 0 spiro atoms. The van der Waals surface area contributed by atoms with Gasteiger partial charge in [0, 0.05) is 13.6 Å². The average molecular weight is 260 g/mol. The smallest absolute Gasteiger partial charge is 0.159 e. The van der Waals surface area contributed by atoms with Crippen LogP contribution in [-0.4, -0.2) is 13.9 Å². The lowest BCUT2D eigenvalue weighted by Crippen LogP contribution is -2.19. The zero-order chi connectivity index (χ0) is 13.9. The van der Waals surface area contributed by atoms with Crippen LogP contribution in [0.15, 0.2) is 29.8 Å². The van der Waals surface area contributed by atoms with Gasteiger partial charge in [-0.2, -0.15) is 0 Å². The second-order valence-electron chi connectivity index (χ2n) is 6.35. The first-order valence-electron chi connectivity index (χ1n) is 6.48. The Morgan fingerprint density at radius 2 is 1.39 bits per heavy atom. The van der Waals surface area contributed by atoms with Crippen LogP contribution >= 0.6 is 0 Å². The van der Waals surface area contributed by atoms with E-state index in [-0.39, 0.29) is 5.78 Å². The van der Waals surface area contributed by atoms with E-state index in [2.05, 4.69) is 45.6 Å². The summed E-state index contributed by atoms with van der Waals surface area (Å²) in [5.74, 6) is 0.130. The van der Waals surface area contributed by atoms with Crippen molar-refractivity contribution in [3.05, 3.63) is 41.0 Å². The van der Waals surface area contributed by atoms with Crippen molar-refractivity contribution < 1.29 is 4.79 Å². The molecule has 98 valence electrons. The second kappa shape index (κ2) is 5.66. The van der Waals surface area contributed by atoms with Crippen LogP contribution in [0.4, 0.5) is 0 Å². The molecule has 0 unspecified atom stereocenters. The number of carbonyl (C=O) groups excluding carboxylic acids is 1. The molecular weight excluding hydrogens is 236 g/mol. The Kier molecular flexibility index (Phi) is 4.69. The van der Waals surface area contributed by atoms with E-state index in [0.29, 0.717) is 0 Å². The molecule has 18 heavy (non-hydrogen) atoms. The highest BCUT2D eigenvalue weighted by molar-refractivity contribution is 6.77. The predicted molar refractivity (Wildman–Crippen MR) is 82.9 cm³/mol. The summed E-state index contributed by atoms with van der Waals surface area (Å²) >= 11 is 0. The summed E-state index contributed by atoms with van der Waals surface area (Å²) in [6.45, 7) is 13.1. The van der Waals surface area contributed by atoms with Crippen LogP contribution in [0, 0.1) is 0 Å². The van der Waals surface area contributed by atoms with Gasteiger partial charge in [0.2, 0.25) is 0 Å². The highest BCUT2D eigenvalue weighted by atomic mass is 28.3. The van der Waals surface area contributed by atoms with E-state index in [1.807, 2.05) is 12.1 Å². The molecule has 0 atom stereocenters. The fraction of sp³-hybridized carbons (Fsp3) is 0.438. The third-order valence-corrected chi connectivity index (χ3v) is 4.36. The molecule has 1 aromatic rings. The molecule has 0 aromatic heterocycles. The Bertz CT molecular complexity index is 457. The van der Waals surface area contributed by atoms with Crippen molar-refractivity contribution in [2.24, 2.45) is 0 Å². The van der Waals surface area contributed by atoms with Crippen molar-refractivity contribution >= 4 is 19.4 Å². The Morgan fingerprint density at radius 1 is 0.944 bits per heavy atom. The first kappa shape index (κ1) is 14.9. The van der Waals surface area contributed by atoms with Gasteiger partial charge in [-0.3, -0.25) is 4.79 Å². The van der Waals surface area contributed by atoms with Gasteiger partial charge in [0.15, 0.2) is 5.78 Å². The van der Waals surface area contributed by atoms with Crippen molar-refractivity contribution in [2.75, 3.05) is 0 Å². The molecule has 0 heterocycles. The number of allylic oxidation sites excluding steroid dienone is 2. The SMILES string of the molecule is CC(=O)c1ccc(C(C[Si](C)(C)C)=C(C)C)cc1. The van der Waals surface area contributed by atoms with Gasteiger partial charge in [-0.25, -0.2) is 0 Å². The van der Waals surface area contributed by atoms with Crippen LogP contribution < -0.4 is 0 Å². The quantitative estimate of drug-likeness (QED) is 0.548. The van der Waals surface area contributed by atoms with Gasteiger partial charge in [-0.1, -0.05) is 49.5 Å². The maximum atomic E-state index is 11.3. The van der Waals surface area contributed by atoms with Gasteiger partial charge in [0.25, 0.3) is 0 Å². The molecule has 0 aliphatic rings. The summed E-state index contributed by atoms with van der Waals surface area (Å²) in [6.07, 6.45) is 0. The van der Waals surface area contributed by atoms with Gasteiger partial charge < -0.3 is 0 Å². The minimum atomic E-state index is -1.13. The van der Waals surface area contributed by atoms with Crippen LogP contribution in [0.2, 0.25) is 25.7 Å². The maximum Gasteiger partial charge on any atom is 0.159 e. The monoisotopic (exact) mass is 260 g/mol. The van der Waals surface area contributed by atoms with Gasteiger partial charge in [-0.15, -0.1) is 0 Å². The van der Waals surface area contributed by atoms with E-state index in [4.69, 9.17) is 0 Å². The van der Waals surface area contributed by atoms with Crippen molar-refractivity contribution in [3.63, 3.8) is 0 Å². The summed E-state index contributed by atoms with van der Waals surface area (Å²) in [7, 11) is -1.13. The largest absolute Gasteiger partial charge is 0.295 e. The standard InChI is InChI=1S/C16H24OSi/c1-12(2)16(11-18(4,5)6)15-9-7-14(8-10-15)13(3)17/h7-10H,11H2,1-6H3. The summed E-state index contributed by atoms with van der Waals surface area (Å²) in [5, 5.41) is 0. The van der Waals surface area contributed by atoms with Gasteiger partial charge >= 0.3 is 0 Å². The molecule has 1 aromatic carbocycles. The Balaban J connectivity index is 3.09. The number of hydrogen-bond donors (Lipinski definition) is 0. The highest BCUT2D eigenvalue weighted by Gasteiger charge is 2.17. The van der Waals surface area contributed by atoms with Crippen LogP contribution in [0.25, 0.3) is 5.57 Å². The molecule has 0 N–H and O–H groups in total. The van der Waals surface area contributed by atoms with Gasteiger partial charge in [0.05, 0.1) is 0 Å². The molecule has 2 heteroatoms. The average Bonchev–Trinajstić information content (AvgIpc) is 2.24. The first-order chi connectivity index (χ1) is 8.20. The molecule has 0 saturated carbocycles. The van der Waals surface area contributed by atoms with Crippen molar-refractivity contribution in [1.82, 2.24) is 0 Å². The zero-order valence-electron chi connectivity index (χ0n) is 12.4. The lowest BCUT2D eigenvalue weighted by Gasteiger charge is -2.20. The zero-order valence-corrected chi connectivity index (χ0v) is 13.4. The van der Waals surface area contributed by atoms with Crippen molar-refractivity contribution in [3.8, 4) is 0 Å². The number of ketones is 1. The number of rotatable bonds is 4. The Labute approximate surface area is 112 Å². The molecule has 0 aliphatic carbocycles. The number of benzene rings is 1. The van der Waals surface area contributed by atoms with Gasteiger partial charge in [0.1, 0.15) is 0 Å². The summed E-state index contributed by atoms with van der Waals surface area (Å²) in [6, 6.07) is 9.23. The topological polar surface area (TPSA) is 17.1 Å². The fourth-order valence-electron chi connectivity index (χ4n) is 2.00. The lowest BCUT2D eigenvalue weighted by molar-refractivity contribution is 0.101. The lowest BCUT2D eigenvalue weighted by atomic mass is 10.0. The van der Waals surface area contributed by atoms with E-state index in [1.165, 1.54) is 22.8 Å². The molecule has 0 saturated heterocycles. The predicted octanol–water partition coefficient (Wildman–Crippen LogP) is 5.02. The van der Waals surface area contributed by atoms with E-state index in [0.717, 1.165) is 5.56 Å². The molecule has 0 aliphatic heterocycles. The molecular formula is C16H24OSi. The summed E-state index contributed by atoms with van der Waals surface area (Å²) in [4.78, 5) is 11.3. The molecule has 0 bridgehead atoms. The number of carbonyl (C=O) groups is 1. The third kappa shape index (κ3) is 4.26. The third-order valence-electron chi connectivity index (χ3n) is 2.95. The fourth-order valence-corrected chi connectivity index (χ4v) is 3.62. The van der Waals surface area contributed by atoms with Crippen molar-refractivity contribution in [1.29, 1.82) is 0 Å². The Hall–Kier alpha value is -1.15. The van der Waals surface area contributed by atoms with E-state index in [1.54, 1.807) is 6.92 Å². The normalized spacial score (nSPS) is 11.2. The molecule has 0 amide bonds. The summed E-state index contributed by atoms with van der Waals surface area (Å²) in [5.41, 5.74) is 4.89. The molecule has 1 nitrogen and oxygen atoms in total. The van der Waals surface area contributed by atoms with Crippen LogP contribution in [0.1, 0.15) is 36.7 Å². The van der Waals surface area contributed by atoms with E-state index >= 15 is 0 Å². The minimum Gasteiger partial charge on any atom is -0.295 e.